The SMILES string of the molecule is Cc1cccc([I-]c2ccc(C(C)(C)C)cc2)c1C(=O)[O-]. The molecule has 0 unspecified atom stereocenters. The number of hydrogen-bond acceptors (Lipinski definition) is 2. The molecule has 0 aliphatic heterocycles. The van der Waals surface area contributed by atoms with Crippen LogP contribution in [0.25, 0.3) is 0 Å². The second kappa shape index (κ2) is 6.18. The molecule has 0 N–H and O–H groups in total. The first-order valence-corrected chi connectivity index (χ1v) is 9.01. The van der Waals surface area contributed by atoms with E-state index in [0.717, 1.165) is 9.13 Å². The average Bonchev–Trinajstić information content (AvgIpc) is 2.38. The van der Waals surface area contributed by atoms with E-state index < -0.39 is 27.2 Å². The normalized spacial score (nSPS) is 11.6. The standard InChI is InChI=1S/C18H20IO2/c1-12-6-5-7-15(16(12)17(20)21)19-14-10-8-13(9-11-14)18(2,3)4/h5-11H,1-4H3,(H,20,21)/q-1/p-1. The molecule has 0 saturated heterocycles. The van der Waals surface area contributed by atoms with Crippen molar-refractivity contribution in [2.75, 3.05) is 0 Å². The Bertz CT molecular complexity index is 652. The van der Waals surface area contributed by atoms with Crippen molar-refractivity contribution in [3.8, 4) is 0 Å². The Hall–Kier alpha value is -1.36. The predicted molar refractivity (Wildman–Crippen MR) is 78.0 cm³/mol. The van der Waals surface area contributed by atoms with E-state index in [4.69, 9.17) is 0 Å². The third-order valence-electron chi connectivity index (χ3n) is 3.35. The van der Waals surface area contributed by atoms with Crippen molar-refractivity contribution < 1.29 is 31.1 Å². The summed E-state index contributed by atoms with van der Waals surface area (Å²) in [6.07, 6.45) is 0. The Kier molecular flexibility index (Phi) is 4.71. The van der Waals surface area contributed by atoms with Crippen LogP contribution in [0.4, 0.5) is 0 Å². The molecule has 0 aliphatic carbocycles. The van der Waals surface area contributed by atoms with E-state index in [0.29, 0.717) is 5.56 Å². The average molecular weight is 394 g/mol. The fraction of sp³-hybridized carbons (Fsp3) is 0.278. The Balaban J connectivity index is 2.31. The van der Waals surface area contributed by atoms with Gasteiger partial charge >= 0.3 is 136 Å². The van der Waals surface area contributed by atoms with Crippen LogP contribution in [0.15, 0.2) is 42.5 Å². The fourth-order valence-electron chi connectivity index (χ4n) is 2.10. The molecule has 0 radical (unpaired) electrons. The Morgan fingerprint density at radius 2 is 1.67 bits per heavy atom. The van der Waals surface area contributed by atoms with Gasteiger partial charge in [0.25, 0.3) is 0 Å². The number of carboxylic acid groups (broad SMARTS) is 1. The van der Waals surface area contributed by atoms with Gasteiger partial charge in [0, 0.05) is 0 Å². The van der Waals surface area contributed by atoms with Crippen LogP contribution in [0.2, 0.25) is 0 Å². The van der Waals surface area contributed by atoms with Gasteiger partial charge in [-0.2, -0.15) is 0 Å². The van der Waals surface area contributed by atoms with E-state index >= 15 is 0 Å². The quantitative estimate of drug-likeness (QED) is 0.676. The summed E-state index contributed by atoms with van der Waals surface area (Å²) in [5, 5.41) is 11.3. The monoisotopic (exact) mass is 394 g/mol. The fourth-order valence-corrected chi connectivity index (χ4v) is 4.79. The number of aromatic carboxylic acids is 1. The van der Waals surface area contributed by atoms with Crippen LogP contribution in [-0.2, 0) is 5.41 Å². The number of benzene rings is 2. The molecule has 112 valence electrons. The van der Waals surface area contributed by atoms with Crippen LogP contribution in [0.5, 0.6) is 0 Å². The Morgan fingerprint density at radius 1 is 1.05 bits per heavy atom. The van der Waals surface area contributed by atoms with Crippen molar-refractivity contribution in [1.82, 2.24) is 0 Å². The second-order valence-corrected chi connectivity index (χ2v) is 9.02. The number of carbonyl (C=O) groups excluding carboxylic acids is 1. The molecule has 0 fully saturated rings. The summed E-state index contributed by atoms with van der Waals surface area (Å²) in [5.74, 6) is -1.07. The van der Waals surface area contributed by atoms with Gasteiger partial charge < -0.3 is 0 Å². The zero-order valence-electron chi connectivity index (χ0n) is 12.7. The molecule has 0 saturated carbocycles. The molecule has 0 atom stereocenters. The molecule has 21 heavy (non-hydrogen) atoms. The Morgan fingerprint density at radius 3 is 2.19 bits per heavy atom. The zero-order valence-corrected chi connectivity index (χ0v) is 14.9. The van der Waals surface area contributed by atoms with Crippen molar-refractivity contribution in [2.45, 2.75) is 33.1 Å². The summed E-state index contributed by atoms with van der Waals surface area (Å²) < 4.78 is 2.13. The van der Waals surface area contributed by atoms with Gasteiger partial charge in [-0.25, -0.2) is 0 Å². The first kappa shape index (κ1) is 16.0. The topological polar surface area (TPSA) is 40.1 Å². The van der Waals surface area contributed by atoms with Crippen LogP contribution in [0, 0.1) is 14.1 Å². The van der Waals surface area contributed by atoms with E-state index in [1.54, 1.807) is 0 Å². The van der Waals surface area contributed by atoms with E-state index in [9.17, 15) is 9.90 Å². The van der Waals surface area contributed by atoms with Crippen LogP contribution in [0.1, 0.15) is 42.3 Å². The zero-order chi connectivity index (χ0) is 15.6. The first-order valence-electron chi connectivity index (χ1n) is 6.85. The summed E-state index contributed by atoms with van der Waals surface area (Å²) in [6, 6.07) is 14.2. The van der Waals surface area contributed by atoms with Crippen LogP contribution in [-0.4, -0.2) is 5.97 Å². The molecule has 0 spiro atoms. The van der Waals surface area contributed by atoms with E-state index in [-0.39, 0.29) is 5.41 Å². The third kappa shape index (κ3) is 3.84. The molecule has 0 bridgehead atoms. The van der Waals surface area contributed by atoms with Gasteiger partial charge in [0.1, 0.15) is 0 Å². The number of carboxylic acids is 1. The summed E-state index contributed by atoms with van der Waals surface area (Å²) in [4.78, 5) is 11.3. The molecule has 3 heteroatoms. The first-order chi connectivity index (χ1) is 9.79. The molecular formula is C18H19IO2-2. The minimum absolute atomic E-state index is 0.135. The number of aryl methyl sites for hydroxylation is 1. The molecule has 2 aromatic carbocycles. The molecule has 0 heterocycles. The van der Waals surface area contributed by atoms with Crippen molar-refractivity contribution in [3.63, 3.8) is 0 Å². The van der Waals surface area contributed by atoms with Gasteiger partial charge in [0.2, 0.25) is 0 Å². The molecule has 0 aliphatic rings. The molecule has 0 amide bonds. The van der Waals surface area contributed by atoms with Crippen molar-refractivity contribution in [3.05, 3.63) is 66.3 Å². The molecule has 2 rings (SSSR count). The van der Waals surface area contributed by atoms with Crippen molar-refractivity contribution in [2.24, 2.45) is 0 Å². The summed E-state index contributed by atoms with van der Waals surface area (Å²) >= 11 is -0.514. The predicted octanol–water partition coefficient (Wildman–Crippen LogP) is -0.216. The summed E-state index contributed by atoms with van der Waals surface area (Å²) in [7, 11) is 0. The van der Waals surface area contributed by atoms with Crippen LogP contribution >= 0.6 is 0 Å². The molecule has 0 aromatic heterocycles. The summed E-state index contributed by atoms with van der Waals surface area (Å²) in [5.41, 5.74) is 2.57. The van der Waals surface area contributed by atoms with Crippen molar-refractivity contribution in [1.29, 1.82) is 0 Å². The maximum absolute atomic E-state index is 11.3. The van der Waals surface area contributed by atoms with Gasteiger partial charge in [-0.15, -0.1) is 0 Å². The van der Waals surface area contributed by atoms with Gasteiger partial charge in [-0.3, -0.25) is 0 Å². The third-order valence-corrected chi connectivity index (χ3v) is 6.17. The van der Waals surface area contributed by atoms with Gasteiger partial charge in [-0.1, -0.05) is 0 Å². The van der Waals surface area contributed by atoms with Gasteiger partial charge in [-0.05, 0) is 0 Å². The van der Waals surface area contributed by atoms with Crippen LogP contribution in [0.3, 0.4) is 0 Å². The van der Waals surface area contributed by atoms with E-state index in [1.165, 1.54) is 9.13 Å². The minimum atomic E-state index is -1.07. The molecular weight excluding hydrogens is 375 g/mol. The maximum atomic E-state index is 11.3. The number of halogens is 1. The van der Waals surface area contributed by atoms with Crippen molar-refractivity contribution >= 4 is 5.97 Å². The van der Waals surface area contributed by atoms with E-state index in [1.807, 2.05) is 25.1 Å². The summed E-state index contributed by atoms with van der Waals surface area (Å²) in [6.45, 7) is 8.38. The molecule has 2 aromatic rings. The number of rotatable bonds is 3. The second-order valence-electron chi connectivity index (χ2n) is 6.07. The Labute approximate surface area is 136 Å². The van der Waals surface area contributed by atoms with Gasteiger partial charge in [0.05, 0.1) is 0 Å². The van der Waals surface area contributed by atoms with Gasteiger partial charge in [0.15, 0.2) is 0 Å². The van der Waals surface area contributed by atoms with Crippen LogP contribution < -0.4 is 26.3 Å². The number of carbonyl (C=O) groups is 1. The van der Waals surface area contributed by atoms with E-state index in [2.05, 4.69) is 45.0 Å². The number of hydrogen-bond donors (Lipinski definition) is 0. The molecule has 2 nitrogen and oxygen atoms in total.